The summed E-state index contributed by atoms with van der Waals surface area (Å²) in [5.74, 6) is 0.909. The minimum Gasteiger partial charge on any atom is -0.497 e. The maximum absolute atomic E-state index is 5.29. The van der Waals surface area contributed by atoms with Crippen molar-refractivity contribution in [2.24, 2.45) is 0 Å². The van der Waals surface area contributed by atoms with E-state index in [1.54, 1.807) is 18.4 Å². The van der Waals surface area contributed by atoms with Gasteiger partial charge in [0.2, 0.25) is 0 Å². The molecule has 0 saturated heterocycles. The summed E-state index contributed by atoms with van der Waals surface area (Å²) in [7, 11) is 1.70. The van der Waals surface area contributed by atoms with Crippen LogP contribution in [0.3, 0.4) is 0 Å². The van der Waals surface area contributed by atoms with E-state index in [4.69, 9.17) is 4.74 Å². The van der Waals surface area contributed by atoms with E-state index in [2.05, 4.69) is 62.3 Å². The van der Waals surface area contributed by atoms with E-state index in [0.717, 1.165) is 27.0 Å². The molecule has 1 heterocycles. The number of methoxy groups -OCH3 is 1. The molecule has 2 rings (SSSR count). The first kappa shape index (κ1) is 16.0. The summed E-state index contributed by atoms with van der Waals surface area (Å²) in [6.45, 7) is 3.08. The lowest BCUT2D eigenvalue weighted by Crippen LogP contribution is -2.22. The topological polar surface area (TPSA) is 21.3 Å². The van der Waals surface area contributed by atoms with Crippen LogP contribution in [-0.2, 0) is 6.42 Å². The third-order valence-electron chi connectivity index (χ3n) is 3.03. The Morgan fingerprint density at radius 3 is 2.70 bits per heavy atom. The molecule has 1 N–H and O–H groups in total. The summed E-state index contributed by atoms with van der Waals surface area (Å²) in [6, 6.07) is 10.8. The summed E-state index contributed by atoms with van der Waals surface area (Å²) in [6.07, 6.45) is 0.949. The Morgan fingerprint density at radius 2 is 2.10 bits per heavy atom. The number of ether oxygens (including phenoxy) is 1. The molecule has 0 bridgehead atoms. The highest BCUT2D eigenvalue weighted by Crippen LogP contribution is 2.36. The Hall–Kier alpha value is -0.360. The minimum absolute atomic E-state index is 0.319. The average molecular weight is 419 g/mol. The van der Waals surface area contributed by atoms with Gasteiger partial charge >= 0.3 is 0 Å². The smallest absolute Gasteiger partial charge is 0.119 e. The lowest BCUT2D eigenvalue weighted by molar-refractivity contribution is 0.414. The fourth-order valence-electron chi connectivity index (χ4n) is 2.09. The molecule has 2 aromatic rings. The van der Waals surface area contributed by atoms with E-state index in [-0.39, 0.29) is 0 Å². The monoisotopic (exact) mass is 417 g/mol. The van der Waals surface area contributed by atoms with Gasteiger partial charge in [0.1, 0.15) is 5.75 Å². The van der Waals surface area contributed by atoms with Crippen LogP contribution in [0.2, 0.25) is 0 Å². The first-order valence-electron chi connectivity index (χ1n) is 6.45. The molecule has 5 heteroatoms. The van der Waals surface area contributed by atoms with Gasteiger partial charge in [-0.05, 0) is 68.6 Å². The molecule has 0 spiro atoms. The van der Waals surface area contributed by atoms with Gasteiger partial charge in [0.25, 0.3) is 0 Å². The zero-order valence-electron chi connectivity index (χ0n) is 11.5. The van der Waals surface area contributed by atoms with Gasteiger partial charge in [-0.1, -0.05) is 19.1 Å². The van der Waals surface area contributed by atoms with Gasteiger partial charge in [0.15, 0.2) is 0 Å². The number of hydrogen-bond donors (Lipinski definition) is 1. The van der Waals surface area contributed by atoms with Crippen molar-refractivity contribution in [3.05, 3.63) is 49.0 Å². The van der Waals surface area contributed by atoms with Crippen LogP contribution in [0.15, 0.2) is 38.6 Å². The molecule has 0 amide bonds. The van der Waals surface area contributed by atoms with Crippen molar-refractivity contribution in [1.82, 2.24) is 5.32 Å². The molecule has 0 saturated carbocycles. The molecular weight excluding hydrogens is 402 g/mol. The van der Waals surface area contributed by atoms with Crippen molar-refractivity contribution < 1.29 is 4.74 Å². The standard InChI is InChI=1S/C15H17Br2NOS/c1-3-18-13(14-9-12(16)15(17)20-14)8-10-5-4-6-11(7-10)19-2/h4-7,9,13,18H,3,8H2,1-2H3. The normalized spacial score (nSPS) is 12.4. The van der Waals surface area contributed by atoms with Crippen LogP contribution in [0.4, 0.5) is 0 Å². The second kappa shape index (κ2) is 7.59. The van der Waals surface area contributed by atoms with Crippen molar-refractivity contribution in [3.8, 4) is 5.75 Å². The number of likely N-dealkylation sites (N-methyl/N-ethyl adjacent to an activating group) is 1. The van der Waals surface area contributed by atoms with Crippen LogP contribution < -0.4 is 10.1 Å². The summed E-state index contributed by atoms with van der Waals surface area (Å²) < 4.78 is 7.55. The highest BCUT2D eigenvalue weighted by molar-refractivity contribution is 9.13. The van der Waals surface area contributed by atoms with Crippen molar-refractivity contribution in [1.29, 1.82) is 0 Å². The highest BCUT2D eigenvalue weighted by atomic mass is 79.9. The number of thiophene rings is 1. The van der Waals surface area contributed by atoms with Gasteiger partial charge < -0.3 is 10.1 Å². The van der Waals surface area contributed by atoms with Crippen molar-refractivity contribution in [2.75, 3.05) is 13.7 Å². The lowest BCUT2D eigenvalue weighted by atomic mass is 10.0. The number of rotatable bonds is 6. The van der Waals surface area contributed by atoms with Crippen LogP contribution in [-0.4, -0.2) is 13.7 Å². The summed E-state index contributed by atoms with van der Waals surface area (Å²) in [5.41, 5.74) is 1.27. The van der Waals surface area contributed by atoms with Crippen LogP contribution in [0, 0.1) is 0 Å². The number of hydrogen-bond acceptors (Lipinski definition) is 3. The molecule has 0 aliphatic carbocycles. The van der Waals surface area contributed by atoms with Gasteiger partial charge in [0, 0.05) is 15.4 Å². The number of halogens is 2. The molecule has 1 aromatic heterocycles. The van der Waals surface area contributed by atoms with Crippen LogP contribution >= 0.6 is 43.2 Å². The van der Waals surface area contributed by atoms with Gasteiger partial charge in [-0.2, -0.15) is 0 Å². The van der Waals surface area contributed by atoms with E-state index >= 15 is 0 Å². The maximum atomic E-state index is 5.29. The second-order valence-electron chi connectivity index (χ2n) is 4.44. The van der Waals surface area contributed by atoms with E-state index < -0.39 is 0 Å². The van der Waals surface area contributed by atoms with Crippen LogP contribution in [0.5, 0.6) is 5.75 Å². The van der Waals surface area contributed by atoms with Gasteiger partial charge in [-0.3, -0.25) is 0 Å². The fourth-order valence-corrected chi connectivity index (χ4v) is 4.26. The Kier molecular flexibility index (Phi) is 6.08. The average Bonchev–Trinajstić information content (AvgIpc) is 2.78. The Bertz CT molecular complexity index is 551. The minimum atomic E-state index is 0.319. The molecule has 0 aliphatic heterocycles. The van der Waals surface area contributed by atoms with E-state index in [1.807, 2.05) is 12.1 Å². The Morgan fingerprint density at radius 1 is 1.30 bits per heavy atom. The summed E-state index contributed by atoms with van der Waals surface area (Å²) >= 11 is 8.89. The molecule has 2 nitrogen and oxygen atoms in total. The molecule has 0 fully saturated rings. The van der Waals surface area contributed by atoms with Crippen LogP contribution in [0.25, 0.3) is 0 Å². The number of nitrogens with one attached hydrogen (secondary N) is 1. The molecule has 1 aromatic carbocycles. The van der Waals surface area contributed by atoms with E-state index in [0.29, 0.717) is 6.04 Å². The van der Waals surface area contributed by atoms with Gasteiger partial charge in [0.05, 0.1) is 10.9 Å². The largest absolute Gasteiger partial charge is 0.497 e. The molecule has 0 radical (unpaired) electrons. The Balaban J connectivity index is 2.20. The van der Waals surface area contributed by atoms with Crippen LogP contribution in [0.1, 0.15) is 23.4 Å². The second-order valence-corrected chi connectivity index (χ2v) is 7.69. The van der Waals surface area contributed by atoms with Crippen molar-refractivity contribution in [3.63, 3.8) is 0 Å². The molecule has 0 aliphatic rings. The van der Waals surface area contributed by atoms with Gasteiger partial charge in [-0.25, -0.2) is 0 Å². The fraction of sp³-hybridized carbons (Fsp3) is 0.333. The quantitative estimate of drug-likeness (QED) is 0.698. The SMILES string of the molecule is CCNC(Cc1cccc(OC)c1)c1cc(Br)c(Br)s1. The van der Waals surface area contributed by atoms with Crippen molar-refractivity contribution in [2.45, 2.75) is 19.4 Å². The highest BCUT2D eigenvalue weighted by Gasteiger charge is 2.15. The first-order valence-corrected chi connectivity index (χ1v) is 8.85. The molecule has 108 valence electrons. The molecule has 1 atom stereocenters. The molecular formula is C15H17Br2NOS. The summed E-state index contributed by atoms with van der Waals surface area (Å²) in [4.78, 5) is 1.33. The third-order valence-corrected chi connectivity index (χ3v) is 6.40. The Labute approximate surface area is 140 Å². The third kappa shape index (κ3) is 4.07. The van der Waals surface area contributed by atoms with Crippen molar-refractivity contribution >= 4 is 43.2 Å². The predicted molar refractivity (Wildman–Crippen MR) is 92.8 cm³/mol. The predicted octanol–water partition coefficient (Wildman–Crippen LogP) is 5.18. The lowest BCUT2D eigenvalue weighted by Gasteiger charge is -2.17. The zero-order valence-corrected chi connectivity index (χ0v) is 15.4. The van der Waals surface area contributed by atoms with Gasteiger partial charge in [-0.15, -0.1) is 11.3 Å². The molecule has 20 heavy (non-hydrogen) atoms. The maximum Gasteiger partial charge on any atom is 0.119 e. The summed E-state index contributed by atoms with van der Waals surface area (Å²) in [5, 5.41) is 3.55. The zero-order chi connectivity index (χ0) is 14.5. The molecule has 1 unspecified atom stereocenters. The first-order chi connectivity index (χ1) is 9.63. The van der Waals surface area contributed by atoms with E-state index in [1.165, 1.54) is 10.4 Å². The van der Waals surface area contributed by atoms with E-state index in [9.17, 15) is 0 Å². The number of benzene rings is 1.